The van der Waals surface area contributed by atoms with Gasteiger partial charge in [-0.25, -0.2) is 0 Å². The van der Waals surface area contributed by atoms with Crippen LogP contribution in [0, 0.1) is 16.7 Å². The standard InChI is InChI=1S/C12H25N/c1-6-11(2,3)9-12(4,5)10-7-13-8-10/h10,13H,6-9H2,1-5H3. The molecule has 13 heavy (non-hydrogen) atoms. The third-order valence-corrected chi connectivity index (χ3v) is 3.78. The van der Waals surface area contributed by atoms with E-state index in [1.807, 2.05) is 0 Å². The van der Waals surface area contributed by atoms with Crippen LogP contribution in [0.4, 0.5) is 0 Å². The van der Waals surface area contributed by atoms with Crippen LogP contribution < -0.4 is 5.32 Å². The maximum absolute atomic E-state index is 3.37. The molecule has 1 aliphatic heterocycles. The number of nitrogens with one attached hydrogen (secondary N) is 1. The average molecular weight is 183 g/mol. The molecule has 0 unspecified atom stereocenters. The first kappa shape index (κ1) is 11.0. The van der Waals surface area contributed by atoms with E-state index < -0.39 is 0 Å². The Bertz CT molecular complexity index is 166. The number of hydrogen-bond acceptors (Lipinski definition) is 1. The van der Waals surface area contributed by atoms with Crippen LogP contribution >= 0.6 is 0 Å². The summed E-state index contributed by atoms with van der Waals surface area (Å²) in [5, 5.41) is 3.37. The summed E-state index contributed by atoms with van der Waals surface area (Å²) in [5.74, 6) is 0.901. The normalized spacial score (nSPS) is 20.1. The van der Waals surface area contributed by atoms with E-state index in [1.54, 1.807) is 0 Å². The molecule has 0 saturated carbocycles. The lowest BCUT2D eigenvalue weighted by Gasteiger charge is -2.45. The smallest absolute Gasteiger partial charge is 0.000312 e. The van der Waals surface area contributed by atoms with Crippen molar-refractivity contribution in [2.45, 2.75) is 47.5 Å². The molecule has 1 heteroatoms. The summed E-state index contributed by atoms with van der Waals surface area (Å²) >= 11 is 0. The van der Waals surface area contributed by atoms with Gasteiger partial charge in [0, 0.05) is 0 Å². The second-order valence-electron chi connectivity index (χ2n) is 6.04. The monoisotopic (exact) mass is 183 g/mol. The lowest BCUT2D eigenvalue weighted by molar-refractivity contribution is 0.0810. The van der Waals surface area contributed by atoms with Crippen LogP contribution in [0.3, 0.4) is 0 Å². The molecule has 1 nitrogen and oxygen atoms in total. The molecular formula is C12H25N. The molecule has 0 aromatic heterocycles. The SMILES string of the molecule is CCC(C)(C)CC(C)(C)C1CNC1. The maximum Gasteiger partial charge on any atom is -0.000312 e. The lowest BCUT2D eigenvalue weighted by Crippen LogP contribution is -2.50. The number of hydrogen-bond donors (Lipinski definition) is 1. The van der Waals surface area contributed by atoms with Crippen molar-refractivity contribution >= 4 is 0 Å². The highest BCUT2D eigenvalue weighted by atomic mass is 15.0. The van der Waals surface area contributed by atoms with Gasteiger partial charge in [-0.1, -0.05) is 41.0 Å². The van der Waals surface area contributed by atoms with Crippen molar-refractivity contribution in [3.63, 3.8) is 0 Å². The van der Waals surface area contributed by atoms with Gasteiger partial charge >= 0.3 is 0 Å². The zero-order valence-corrected chi connectivity index (χ0v) is 9.91. The Morgan fingerprint density at radius 3 is 2.00 bits per heavy atom. The molecule has 78 valence electrons. The fourth-order valence-corrected chi connectivity index (χ4v) is 2.34. The molecule has 0 spiro atoms. The molecule has 0 bridgehead atoms. The van der Waals surface area contributed by atoms with Gasteiger partial charge in [0.15, 0.2) is 0 Å². The molecule has 1 heterocycles. The Labute approximate surface area is 83.3 Å². The highest BCUT2D eigenvalue weighted by Crippen LogP contribution is 2.42. The second-order valence-corrected chi connectivity index (χ2v) is 6.04. The summed E-state index contributed by atoms with van der Waals surface area (Å²) in [6.45, 7) is 14.4. The van der Waals surface area contributed by atoms with E-state index in [9.17, 15) is 0 Å². The van der Waals surface area contributed by atoms with Crippen LogP contribution in [-0.4, -0.2) is 13.1 Å². The van der Waals surface area contributed by atoms with E-state index in [1.165, 1.54) is 25.9 Å². The summed E-state index contributed by atoms with van der Waals surface area (Å²) < 4.78 is 0. The van der Waals surface area contributed by atoms with Crippen LogP contribution in [0.25, 0.3) is 0 Å². The summed E-state index contributed by atoms with van der Waals surface area (Å²) in [7, 11) is 0. The van der Waals surface area contributed by atoms with Gasteiger partial charge in [0.05, 0.1) is 0 Å². The average Bonchev–Trinajstić information content (AvgIpc) is 1.79. The van der Waals surface area contributed by atoms with E-state index in [0.717, 1.165) is 5.92 Å². The van der Waals surface area contributed by atoms with E-state index in [2.05, 4.69) is 39.9 Å². The Balaban J connectivity index is 2.49. The van der Waals surface area contributed by atoms with Gasteiger partial charge in [-0.15, -0.1) is 0 Å². The Morgan fingerprint density at radius 2 is 1.69 bits per heavy atom. The van der Waals surface area contributed by atoms with Crippen LogP contribution in [0.1, 0.15) is 47.5 Å². The second kappa shape index (κ2) is 3.61. The fraction of sp³-hybridized carbons (Fsp3) is 1.00. The van der Waals surface area contributed by atoms with Gasteiger partial charge in [0.25, 0.3) is 0 Å². The first-order chi connectivity index (χ1) is 5.87. The van der Waals surface area contributed by atoms with Crippen LogP contribution in [-0.2, 0) is 0 Å². The van der Waals surface area contributed by atoms with Gasteiger partial charge < -0.3 is 5.32 Å². The molecule has 0 aromatic rings. The van der Waals surface area contributed by atoms with E-state index in [0.29, 0.717) is 10.8 Å². The topological polar surface area (TPSA) is 12.0 Å². The molecule has 0 amide bonds. The predicted octanol–water partition coefficient (Wildman–Crippen LogP) is 3.06. The number of rotatable bonds is 4. The molecule has 1 saturated heterocycles. The molecule has 0 atom stereocenters. The molecule has 0 aromatic carbocycles. The first-order valence-electron chi connectivity index (χ1n) is 5.58. The fourth-order valence-electron chi connectivity index (χ4n) is 2.34. The minimum atomic E-state index is 0.513. The van der Waals surface area contributed by atoms with Crippen molar-refractivity contribution in [3.8, 4) is 0 Å². The highest BCUT2D eigenvalue weighted by molar-refractivity contribution is 4.90. The Kier molecular flexibility index (Phi) is 3.06. The first-order valence-corrected chi connectivity index (χ1v) is 5.58. The lowest BCUT2D eigenvalue weighted by atomic mass is 9.66. The summed E-state index contributed by atoms with van der Waals surface area (Å²) in [6, 6.07) is 0. The largest absolute Gasteiger partial charge is 0.316 e. The molecule has 1 aliphatic rings. The molecule has 0 radical (unpaired) electrons. The van der Waals surface area contributed by atoms with Gasteiger partial charge in [-0.05, 0) is 36.3 Å². The minimum absolute atomic E-state index is 0.513. The van der Waals surface area contributed by atoms with Crippen molar-refractivity contribution in [2.75, 3.05) is 13.1 Å². The third-order valence-electron chi connectivity index (χ3n) is 3.78. The molecule has 0 aliphatic carbocycles. The summed E-state index contributed by atoms with van der Waals surface area (Å²) in [6.07, 6.45) is 2.64. The zero-order valence-electron chi connectivity index (χ0n) is 9.91. The Hall–Kier alpha value is -0.0400. The van der Waals surface area contributed by atoms with Crippen molar-refractivity contribution in [1.82, 2.24) is 5.32 Å². The van der Waals surface area contributed by atoms with E-state index in [4.69, 9.17) is 0 Å². The van der Waals surface area contributed by atoms with Gasteiger partial charge in [-0.2, -0.15) is 0 Å². The van der Waals surface area contributed by atoms with Crippen LogP contribution in [0.5, 0.6) is 0 Å². The predicted molar refractivity (Wildman–Crippen MR) is 58.8 cm³/mol. The molecule has 1 N–H and O–H groups in total. The quantitative estimate of drug-likeness (QED) is 0.706. The van der Waals surface area contributed by atoms with Crippen molar-refractivity contribution < 1.29 is 0 Å². The zero-order chi connectivity index (χ0) is 10.1. The van der Waals surface area contributed by atoms with Crippen LogP contribution in [0.2, 0.25) is 0 Å². The van der Waals surface area contributed by atoms with E-state index >= 15 is 0 Å². The molecular weight excluding hydrogens is 158 g/mol. The van der Waals surface area contributed by atoms with Crippen molar-refractivity contribution in [1.29, 1.82) is 0 Å². The van der Waals surface area contributed by atoms with Crippen molar-refractivity contribution in [2.24, 2.45) is 16.7 Å². The minimum Gasteiger partial charge on any atom is -0.316 e. The molecule has 1 fully saturated rings. The van der Waals surface area contributed by atoms with Crippen molar-refractivity contribution in [3.05, 3.63) is 0 Å². The van der Waals surface area contributed by atoms with Crippen LogP contribution in [0.15, 0.2) is 0 Å². The van der Waals surface area contributed by atoms with Gasteiger partial charge in [0.2, 0.25) is 0 Å². The third kappa shape index (κ3) is 2.70. The maximum atomic E-state index is 3.37. The van der Waals surface area contributed by atoms with E-state index in [-0.39, 0.29) is 0 Å². The summed E-state index contributed by atoms with van der Waals surface area (Å²) in [5.41, 5.74) is 1.03. The highest BCUT2D eigenvalue weighted by Gasteiger charge is 2.37. The summed E-state index contributed by atoms with van der Waals surface area (Å²) in [4.78, 5) is 0. The van der Waals surface area contributed by atoms with Gasteiger partial charge in [0.1, 0.15) is 0 Å². The molecule has 1 rings (SSSR count). The van der Waals surface area contributed by atoms with Gasteiger partial charge in [-0.3, -0.25) is 0 Å². The Morgan fingerprint density at radius 1 is 1.15 bits per heavy atom.